The number of imidazole rings is 1. The summed E-state index contributed by atoms with van der Waals surface area (Å²) in [6, 6.07) is 6.55. The minimum absolute atomic E-state index is 0.0271. The van der Waals surface area contributed by atoms with Gasteiger partial charge in [-0.25, -0.2) is 28.7 Å². The van der Waals surface area contributed by atoms with Gasteiger partial charge in [-0.1, -0.05) is 6.07 Å². The molecular formula is C26H25F2N7O2. The predicted molar refractivity (Wildman–Crippen MR) is 132 cm³/mol. The maximum Gasteiger partial charge on any atom is 0.248 e. The van der Waals surface area contributed by atoms with E-state index in [4.69, 9.17) is 5.11 Å². The van der Waals surface area contributed by atoms with Gasteiger partial charge >= 0.3 is 0 Å². The predicted octanol–water partition coefficient (Wildman–Crippen LogP) is 3.47. The lowest BCUT2D eigenvalue weighted by atomic mass is 10.0. The van der Waals surface area contributed by atoms with E-state index in [1.165, 1.54) is 6.07 Å². The molecule has 1 amide bonds. The molecule has 0 spiro atoms. The minimum Gasteiger partial charge on any atom is -0.387 e. The summed E-state index contributed by atoms with van der Waals surface area (Å²) in [5.41, 5.74) is 2.65. The molecule has 0 radical (unpaired) electrons. The number of fused-ring (bicyclic) bond motifs is 4. The first-order valence-electron chi connectivity index (χ1n) is 12.1. The van der Waals surface area contributed by atoms with Crippen molar-refractivity contribution in [2.24, 2.45) is 0 Å². The Balaban J connectivity index is 1.32. The Morgan fingerprint density at radius 2 is 1.97 bits per heavy atom. The van der Waals surface area contributed by atoms with Gasteiger partial charge < -0.3 is 19.9 Å². The fourth-order valence-corrected chi connectivity index (χ4v) is 5.24. The van der Waals surface area contributed by atoms with Crippen molar-refractivity contribution in [3.8, 4) is 11.3 Å². The van der Waals surface area contributed by atoms with Crippen LogP contribution in [0, 0.1) is 11.6 Å². The van der Waals surface area contributed by atoms with E-state index in [2.05, 4.69) is 39.1 Å². The van der Waals surface area contributed by atoms with Gasteiger partial charge in [-0.3, -0.25) is 4.79 Å². The largest absolute Gasteiger partial charge is 0.387 e. The lowest BCUT2D eigenvalue weighted by Gasteiger charge is -2.28. The number of nitrogens with zero attached hydrogens (tertiary/aromatic N) is 6. The number of nitrogens with one attached hydrogen (secondary N) is 1. The normalized spacial score (nSPS) is 16.1. The second-order valence-electron chi connectivity index (χ2n) is 10.0. The highest BCUT2D eigenvalue weighted by molar-refractivity contribution is 5.83. The molecule has 3 aromatic heterocycles. The summed E-state index contributed by atoms with van der Waals surface area (Å²) in [6.07, 6.45) is 3.25. The number of hydrogen-bond donors (Lipinski definition) is 2. The molecule has 0 aliphatic carbocycles. The van der Waals surface area contributed by atoms with Crippen molar-refractivity contribution in [2.45, 2.75) is 45.2 Å². The number of anilines is 2. The molecule has 37 heavy (non-hydrogen) atoms. The zero-order valence-electron chi connectivity index (χ0n) is 20.4. The molecule has 0 fully saturated rings. The second-order valence-corrected chi connectivity index (χ2v) is 10.0. The monoisotopic (exact) mass is 505 g/mol. The molecule has 0 unspecified atom stereocenters. The first-order valence-corrected chi connectivity index (χ1v) is 12.1. The summed E-state index contributed by atoms with van der Waals surface area (Å²) in [6.45, 7) is 4.47. The van der Waals surface area contributed by atoms with Crippen LogP contribution in [0.1, 0.15) is 37.4 Å². The number of aliphatic hydroxyl groups is 1. The quantitative estimate of drug-likeness (QED) is 0.437. The summed E-state index contributed by atoms with van der Waals surface area (Å²) in [4.78, 5) is 30.8. The average Bonchev–Trinajstić information content (AvgIpc) is 3.42. The van der Waals surface area contributed by atoms with Gasteiger partial charge in [0.15, 0.2) is 11.6 Å². The third kappa shape index (κ3) is 3.99. The summed E-state index contributed by atoms with van der Waals surface area (Å²) in [5, 5.41) is 12.1. The van der Waals surface area contributed by atoms with Crippen LogP contribution in [0.4, 0.5) is 20.5 Å². The van der Waals surface area contributed by atoms with E-state index in [9.17, 15) is 9.18 Å². The van der Waals surface area contributed by atoms with Gasteiger partial charge in [0.25, 0.3) is 0 Å². The maximum atomic E-state index is 15.1. The van der Waals surface area contributed by atoms with Crippen molar-refractivity contribution in [2.75, 3.05) is 18.5 Å². The van der Waals surface area contributed by atoms with Crippen molar-refractivity contribution in [1.82, 2.24) is 29.4 Å². The SMILES string of the molecule is CC1(C)CCc2nc3c(F)cc(-c4nc(Nc5ccc6c(n5)CCN(C(=O)CO)C6)ncc4F)cc3n21. The molecule has 2 N–H and O–H groups in total. The Morgan fingerprint density at radius 1 is 1.14 bits per heavy atom. The highest BCUT2D eigenvalue weighted by Gasteiger charge is 2.33. The topological polar surface area (TPSA) is 109 Å². The van der Waals surface area contributed by atoms with Gasteiger partial charge in [0.1, 0.15) is 29.5 Å². The van der Waals surface area contributed by atoms with Crippen molar-refractivity contribution in [1.29, 1.82) is 0 Å². The van der Waals surface area contributed by atoms with Crippen LogP contribution in [0.3, 0.4) is 0 Å². The van der Waals surface area contributed by atoms with E-state index in [0.29, 0.717) is 36.4 Å². The number of halogens is 2. The van der Waals surface area contributed by atoms with Gasteiger partial charge in [0.2, 0.25) is 11.9 Å². The van der Waals surface area contributed by atoms with Crippen molar-refractivity contribution in [3.05, 3.63) is 59.2 Å². The molecule has 190 valence electrons. The summed E-state index contributed by atoms with van der Waals surface area (Å²) >= 11 is 0. The number of benzene rings is 1. The smallest absolute Gasteiger partial charge is 0.248 e. The number of carbonyl (C=O) groups excluding carboxylic acids is 1. The van der Waals surface area contributed by atoms with Crippen LogP contribution in [-0.2, 0) is 29.7 Å². The molecule has 2 aliphatic heterocycles. The highest BCUT2D eigenvalue weighted by Crippen LogP contribution is 2.38. The minimum atomic E-state index is -0.670. The number of aromatic nitrogens is 5. The first-order chi connectivity index (χ1) is 17.7. The standard InChI is InChI=1S/C26H25F2N7O2/c1-26(2)7-5-21-32-24-16(27)9-15(10-19(24)35(21)26)23-17(28)11-29-25(33-23)31-20-4-3-14-12-34(22(37)13-36)8-6-18(14)30-20/h3-4,9-11,36H,5-8,12-13H2,1-2H3,(H,29,30,31,33). The number of pyridine rings is 1. The summed E-state index contributed by atoms with van der Waals surface area (Å²) in [5.74, 6) is -0.103. The van der Waals surface area contributed by atoms with Crippen LogP contribution in [0.2, 0.25) is 0 Å². The number of hydrogen-bond acceptors (Lipinski definition) is 7. The van der Waals surface area contributed by atoms with Gasteiger partial charge in [-0.15, -0.1) is 0 Å². The molecular weight excluding hydrogens is 480 g/mol. The Labute approximate surface area is 211 Å². The number of aliphatic hydroxyl groups excluding tert-OH is 1. The van der Waals surface area contributed by atoms with E-state index in [-0.39, 0.29) is 28.6 Å². The highest BCUT2D eigenvalue weighted by atomic mass is 19.1. The van der Waals surface area contributed by atoms with Crippen molar-refractivity contribution in [3.63, 3.8) is 0 Å². The van der Waals surface area contributed by atoms with E-state index in [1.807, 2.05) is 10.6 Å². The van der Waals surface area contributed by atoms with Crippen molar-refractivity contribution >= 4 is 28.7 Å². The van der Waals surface area contributed by atoms with Gasteiger partial charge in [-0.05, 0) is 44.0 Å². The zero-order valence-corrected chi connectivity index (χ0v) is 20.4. The molecule has 11 heteroatoms. The molecule has 0 bridgehead atoms. The molecule has 6 rings (SSSR count). The fourth-order valence-electron chi connectivity index (χ4n) is 5.24. The van der Waals surface area contributed by atoms with E-state index >= 15 is 4.39 Å². The Kier molecular flexibility index (Phi) is 5.41. The molecule has 4 aromatic rings. The molecule has 0 saturated heterocycles. The Hall–Kier alpha value is -3.99. The zero-order chi connectivity index (χ0) is 25.9. The number of rotatable bonds is 4. The molecule has 1 aromatic carbocycles. The molecule has 2 aliphatic rings. The van der Waals surface area contributed by atoms with Crippen molar-refractivity contribution < 1.29 is 18.7 Å². The van der Waals surface area contributed by atoms with Gasteiger partial charge in [0.05, 0.1) is 11.7 Å². The summed E-state index contributed by atoms with van der Waals surface area (Å²) in [7, 11) is 0. The Bertz CT molecular complexity index is 1570. The third-order valence-corrected chi connectivity index (χ3v) is 7.14. The van der Waals surface area contributed by atoms with Crippen LogP contribution < -0.4 is 5.32 Å². The van der Waals surface area contributed by atoms with Crippen LogP contribution in [0.5, 0.6) is 0 Å². The van der Waals surface area contributed by atoms with Crippen LogP contribution in [-0.4, -0.2) is 53.6 Å². The van der Waals surface area contributed by atoms with Gasteiger partial charge in [-0.2, -0.15) is 0 Å². The number of aryl methyl sites for hydroxylation is 1. The van der Waals surface area contributed by atoms with E-state index in [0.717, 1.165) is 36.1 Å². The average molecular weight is 506 g/mol. The van der Waals surface area contributed by atoms with Crippen LogP contribution in [0.15, 0.2) is 30.5 Å². The molecule has 9 nitrogen and oxygen atoms in total. The van der Waals surface area contributed by atoms with E-state index < -0.39 is 18.2 Å². The second kappa shape index (κ2) is 8.55. The maximum absolute atomic E-state index is 15.1. The first kappa shape index (κ1) is 23.4. The third-order valence-electron chi connectivity index (χ3n) is 7.14. The van der Waals surface area contributed by atoms with E-state index in [1.54, 1.807) is 17.0 Å². The fraction of sp³-hybridized carbons (Fsp3) is 0.346. The van der Waals surface area contributed by atoms with Crippen LogP contribution in [0.25, 0.3) is 22.3 Å². The number of carbonyl (C=O) groups is 1. The Morgan fingerprint density at radius 3 is 2.78 bits per heavy atom. The molecule has 0 saturated carbocycles. The molecule has 5 heterocycles. The number of amides is 1. The van der Waals surface area contributed by atoms with Crippen LogP contribution >= 0.6 is 0 Å². The molecule has 0 atom stereocenters. The summed E-state index contributed by atoms with van der Waals surface area (Å²) < 4.78 is 32.0. The van der Waals surface area contributed by atoms with Gasteiger partial charge in [0, 0.05) is 42.7 Å². The lowest BCUT2D eigenvalue weighted by molar-refractivity contribution is -0.135. The lowest BCUT2D eigenvalue weighted by Crippen LogP contribution is -2.37.